The predicted octanol–water partition coefficient (Wildman–Crippen LogP) is 7.14. The standard InChI is InChI=1S/C32H24ClNO6/c1-2-8-28(29(35)20-9-4-3-5-10-20)40-32(38)21-13-18-24-25(19-21)31(37)34(30(24)36)22-14-16-23(17-15-22)39-27-12-7-6-11-26(27)33/h3-7,9-19,28H,2,8H2,1H3. The highest BCUT2D eigenvalue weighted by Crippen LogP contribution is 2.33. The molecule has 5 rings (SSSR count). The van der Waals surface area contributed by atoms with E-state index in [4.69, 9.17) is 21.1 Å². The summed E-state index contributed by atoms with van der Waals surface area (Å²) in [6, 6.07) is 26.3. The molecule has 0 bridgehead atoms. The van der Waals surface area contributed by atoms with Crippen molar-refractivity contribution in [2.45, 2.75) is 25.9 Å². The van der Waals surface area contributed by atoms with Gasteiger partial charge in [-0.1, -0.05) is 67.4 Å². The van der Waals surface area contributed by atoms with Gasteiger partial charge in [-0.25, -0.2) is 9.69 Å². The van der Waals surface area contributed by atoms with Crippen LogP contribution in [0.2, 0.25) is 5.02 Å². The van der Waals surface area contributed by atoms with Crippen molar-refractivity contribution >= 4 is 40.9 Å². The number of carbonyl (C=O) groups is 4. The zero-order valence-electron chi connectivity index (χ0n) is 21.5. The normalized spacial score (nSPS) is 13.1. The Kier molecular flexibility index (Phi) is 7.75. The summed E-state index contributed by atoms with van der Waals surface area (Å²) >= 11 is 6.15. The third-order valence-corrected chi connectivity index (χ3v) is 6.74. The molecule has 0 saturated heterocycles. The van der Waals surface area contributed by atoms with Gasteiger partial charge in [0.25, 0.3) is 11.8 Å². The number of imide groups is 1. The van der Waals surface area contributed by atoms with Gasteiger partial charge in [-0.05, 0) is 61.0 Å². The SMILES string of the molecule is CCCC(OC(=O)c1ccc2c(c1)C(=O)N(c1ccc(Oc3ccccc3Cl)cc1)C2=O)C(=O)c1ccccc1. The summed E-state index contributed by atoms with van der Waals surface area (Å²) in [5.41, 5.74) is 1.12. The van der Waals surface area contributed by atoms with Crippen molar-refractivity contribution < 1.29 is 28.7 Å². The average molecular weight is 554 g/mol. The van der Waals surface area contributed by atoms with E-state index >= 15 is 0 Å². The van der Waals surface area contributed by atoms with Crippen LogP contribution in [0.15, 0.2) is 97.1 Å². The van der Waals surface area contributed by atoms with Crippen molar-refractivity contribution in [1.82, 2.24) is 0 Å². The Morgan fingerprint density at radius 2 is 1.48 bits per heavy atom. The Hall–Kier alpha value is -4.75. The molecule has 7 nitrogen and oxygen atoms in total. The number of amides is 2. The second-order valence-corrected chi connectivity index (χ2v) is 9.55. The van der Waals surface area contributed by atoms with Crippen molar-refractivity contribution in [3.05, 3.63) is 124 Å². The Labute approximate surface area is 235 Å². The molecule has 2 amide bonds. The number of ether oxygens (including phenoxy) is 2. The number of rotatable bonds is 9. The second-order valence-electron chi connectivity index (χ2n) is 9.15. The minimum Gasteiger partial charge on any atom is -0.456 e. The summed E-state index contributed by atoms with van der Waals surface area (Å²) in [6.07, 6.45) is 0.0184. The molecule has 0 aromatic heterocycles. The van der Waals surface area contributed by atoms with Gasteiger partial charge in [-0.3, -0.25) is 14.4 Å². The molecule has 4 aromatic rings. The van der Waals surface area contributed by atoms with E-state index in [9.17, 15) is 19.2 Å². The maximum absolute atomic E-state index is 13.3. The minimum atomic E-state index is -0.964. The molecule has 200 valence electrons. The number of carbonyl (C=O) groups excluding carboxylic acids is 4. The Balaban J connectivity index is 1.33. The summed E-state index contributed by atoms with van der Waals surface area (Å²) in [6.45, 7) is 1.89. The largest absolute Gasteiger partial charge is 0.456 e. The van der Waals surface area contributed by atoms with Gasteiger partial charge in [0.2, 0.25) is 5.78 Å². The molecule has 1 aliphatic rings. The molecule has 0 spiro atoms. The van der Waals surface area contributed by atoms with E-state index in [-0.39, 0.29) is 22.5 Å². The van der Waals surface area contributed by atoms with Gasteiger partial charge in [-0.2, -0.15) is 0 Å². The molecule has 8 heteroatoms. The van der Waals surface area contributed by atoms with Crippen molar-refractivity contribution in [3.8, 4) is 11.5 Å². The first-order valence-electron chi connectivity index (χ1n) is 12.7. The molecule has 40 heavy (non-hydrogen) atoms. The molecule has 1 aliphatic heterocycles. The average Bonchev–Trinajstić information content (AvgIpc) is 3.23. The molecular formula is C32H24ClNO6. The number of para-hydroxylation sites is 1. The van der Waals surface area contributed by atoms with Crippen LogP contribution in [0.4, 0.5) is 5.69 Å². The molecule has 0 fully saturated rings. The lowest BCUT2D eigenvalue weighted by Crippen LogP contribution is -2.29. The van der Waals surface area contributed by atoms with Gasteiger partial charge in [0.1, 0.15) is 11.5 Å². The number of hydrogen-bond donors (Lipinski definition) is 0. The van der Waals surface area contributed by atoms with E-state index in [1.165, 1.54) is 18.2 Å². The Morgan fingerprint density at radius 1 is 0.800 bits per heavy atom. The summed E-state index contributed by atoms with van der Waals surface area (Å²) in [4.78, 5) is 53.4. The van der Waals surface area contributed by atoms with Crippen LogP contribution in [0.1, 0.15) is 61.2 Å². The van der Waals surface area contributed by atoms with Crippen molar-refractivity contribution in [3.63, 3.8) is 0 Å². The fourth-order valence-electron chi connectivity index (χ4n) is 4.41. The monoisotopic (exact) mass is 553 g/mol. The highest BCUT2D eigenvalue weighted by atomic mass is 35.5. The fraction of sp³-hybridized carbons (Fsp3) is 0.125. The lowest BCUT2D eigenvalue weighted by atomic mass is 10.0. The van der Waals surface area contributed by atoms with Gasteiger partial charge in [-0.15, -0.1) is 0 Å². The highest BCUT2D eigenvalue weighted by molar-refractivity contribution is 6.34. The van der Waals surface area contributed by atoms with Crippen molar-refractivity contribution in [2.75, 3.05) is 4.90 Å². The molecule has 4 aromatic carbocycles. The summed E-state index contributed by atoms with van der Waals surface area (Å²) in [7, 11) is 0. The zero-order valence-corrected chi connectivity index (χ0v) is 22.3. The molecule has 0 aliphatic carbocycles. The van der Waals surface area contributed by atoms with Crippen LogP contribution < -0.4 is 9.64 Å². The number of nitrogens with zero attached hydrogens (tertiary/aromatic N) is 1. The first-order chi connectivity index (χ1) is 19.4. The number of fused-ring (bicyclic) bond motifs is 1. The minimum absolute atomic E-state index is 0.0761. The lowest BCUT2D eigenvalue weighted by Gasteiger charge is -2.16. The van der Waals surface area contributed by atoms with Crippen LogP contribution in [0.25, 0.3) is 0 Å². The second kappa shape index (κ2) is 11.6. The van der Waals surface area contributed by atoms with Crippen LogP contribution in [-0.2, 0) is 4.74 Å². The molecule has 1 unspecified atom stereocenters. The highest BCUT2D eigenvalue weighted by Gasteiger charge is 2.37. The molecular weight excluding hydrogens is 530 g/mol. The number of hydrogen-bond acceptors (Lipinski definition) is 6. The number of halogens is 1. The third kappa shape index (κ3) is 5.37. The predicted molar refractivity (Wildman–Crippen MR) is 150 cm³/mol. The van der Waals surface area contributed by atoms with Gasteiger partial charge < -0.3 is 9.47 Å². The number of anilines is 1. The van der Waals surface area contributed by atoms with Gasteiger partial charge in [0.15, 0.2) is 6.10 Å². The van der Waals surface area contributed by atoms with Crippen LogP contribution >= 0.6 is 11.6 Å². The van der Waals surface area contributed by atoms with Gasteiger partial charge in [0.05, 0.1) is 27.4 Å². The molecule has 1 heterocycles. The maximum Gasteiger partial charge on any atom is 0.338 e. The van der Waals surface area contributed by atoms with E-state index in [0.717, 1.165) is 4.90 Å². The Bertz CT molecular complexity index is 1600. The van der Waals surface area contributed by atoms with Crippen LogP contribution in [-0.4, -0.2) is 29.7 Å². The molecule has 0 radical (unpaired) electrons. The first-order valence-corrected chi connectivity index (χ1v) is 13.1. The summed E-state index contributed by atoms with van der Waals surface area (Å²) in [5.74, 6) is -1.17. The van der Waals surface area contributed by atoms with Gasteiger partial charge in [0, 0.05) is 5.56 Å². The maximum atomic E-state index is 13.3. The van der Waals surface area contributed by atoms with Crippen LogP contribution in [0, 0.1) is 0 Å². The number of Topliss-reactive ketones (excluding diaryl/α,β-unsaturated/α-hetero) is 1. The van der Waals surface area contributed by atoms with Crippen LogP contribution in [0.5, 0.6) is 11.5 Å². The van der Waals surface area contributed by atoms with E-state index in [0.29, 0.717) is 40.6 Å². The quantitative estimate of drug-likeness (QED) is 0.124. The number of esters is 1. The molecule has 1 atom stereocenters. The number of benzene rings is 4. The number of ketones is 1. The van der Waals surface area contributed by atoms with Crippen molar-refractivity contribution in [2.24, 2.45) is 0 Å². The molecule has 0 N–H and O–H groups in total. The fourth-order valence-corrected chi connectivity index (χ4v) is 4.59. The van der Waals surface area contributed by atoms with E-state index < -0.39 is 23.9 Å². The van der Waals surface area contributed by atoms with E-state index in [1.54, 1.807) is 78.9 Å². The van der Waals surface area contributed by atoms with E-state index in [1.807, 2.05) is 6.92 Å². The van der Waals surface area contributed by atoms with Crippen LogP contribution in [0.3, 0.4) is 0 Å². The lowest BCUT2D eigenvalue weighted by molar-refractivity contribution is 0.0266. The smallest absolute Gasteiger partial charge is 0.338 e. The summed E-state index contributed by atoms with van der Waals surface area (Å²) < 4.78 is 11.4. The topological polar surface area (TPSA) is 90.0 Å². The zero-order chi connectivity index (χ0) is 28.2. The van der Waals surface area contributed by atoms with E-state index in [2.05, 4.69) is 0 Å². The van der Waals surface area contributed by atoms with Crippen molar-refractivity contribution in [1.29, 1.82) is 0 Å². The Morgan fingerprint density at radius 3 is 2.17 bits per heavy atom. The van der Waals surface area contributed by atoms with Gasteiger partial charge >= 0.3 is 5.97 Å². The first kappa shape index (κ1) is 26.8. The summed E-state index contributed by atoms with van der Waals surface area (Å²) in [5, 5.41) is 0.451. The molecule has 0 saturated carbocycles. The third-order valence-electron chi connectivity index (χ3n) is 6.43.